The molecule has 0 atom stereocenters. The summed E-state index contributed by atoms with van der Waals surface area (Å²) in [5, 5.41) is 2.88. The predicted molar refractivity (Wildman–Crippen MR) is 94.0 cm³/mol. The van der Waals surface area contributed by atoms with Crippen molar-refractivity contribution >= 4 is 21.8 Å². The summed E-state index contributed by atoms with van der Waals surface area (Å²) < 4.78 is 6.83. The molecular weight excluding hydrogens is 358 g/mol. The third-order valence-electron chi connectivity index (χ3n) is 3.47. The molecule has 1 aromatic carbocycles. The first kappa shape index (κ1) is 17.7. The van der Waals surface area contributed by atoms with Crippen LogP contribution in [0.15, 0.2) is 33.2 Å². The van der Waals surface area contributed by atoms with E-state index in [0.29, 0.717) is 31.8 Å². The molecule has 0 unspecified atom stereocenters. The number of oxazole rings is 1. The van der Waals surface area contributed by atoms with Gasteiger partial charge in [-0.15, -0.1) is 0 Å². The van der Waals surface area contributed by atoms with Gasteiger partial charge in [0.1, 0.15) is 0 Å². The second-order valence-corrected chi connectivity index (χ2v) is 6.29. The molecule has 124 valence electrons. The molecule has 0 bridgehead atoms. The number of aryl methyl sites for hydroxylation is 2. The largest absolute Gasteiger partial charge is 0.440 e. The molecule has 1 heterocycles. The quantitative estimate of drug-likeness (QED) is 0.690. The molecule has 0 saturated heterocycles. The molecule has 0 aliphatic heterocycles. The number of halogens is 1. The van der Waals surface area contributed by atoms with Crippen LogP contribution in [-0.2, 0) is 11.2 Å². The van der Waals surface area contributed by atoms with Crippen LogP contribution in [0.4, 0.5) is 0 Å². The lowest BCUT2D eigenvalue weighted by Gasteiger charge is -2.03. The highest BCUT2D eigenvalue weighted by Gasteiger charge is 2.13. The van der Waals surface area contributed by atoms with E-state index in [1.165, 1.54) is 0 Å². The number of carbonyl (C=O) groups excluding carboxylic acids is 1. The number of amides is 1. The van der Waals surface area contributed by atoms with E-state index in [-0.39, 0.29) is 5.91 Å². The van der Waals surface area contributed by atoms with Gasteiger partial charge in [0.15, 0.2) is 11.7 Å². The first-order valence-corrected chi connectivity index (χ1v) is 8.58. The summed E-state index contributed by atoms with van der Waals surface area (Å²) >= 11 is 3.42. The van der Waals surface area contributed by atoms with E-state index >= 15 is 0 Å². The molecule has 3 N–H and O–H groups in total. The Morgan fingerprint density at radius 1 is 1.30 bits per heavy atom. The monoisotopic (exact) mass is 379 g/mol. The van der Waals surface area contributed by atoms with Crippen LogP contribution in [0, 0.1) is 6.92 Å². The Labute approximate surface area is 144 Å². The van der Waals surface area contributed by atoms with Gasteiger partial charge in [-0.05, 0) is 38.4 Å². The Bertz CT molecular complexity index is 638. The summed E-state index contributed by atoms with van der Waals surface area (Å²) in [6.45, 7) is 3.24. The van der Waals surface area contributed by atoms with Crippen molar-refractivity contribution in [1.29, 1.82) is 0 Å². The number of nitrogens with one attached hydrogen (secondary N) is 1. The third kappa shape index (κ3) is 5.48. The molecule has 0 radical (unpaired) electrons. The van der Waals surface area contributed by atoms with Crippen molar-refractivity contribution in [1.82, 2.24) is 10.3 Å². The molecule has 23 heavy (non-hydrogen) atoms. The number of nitrogens with two attached hydrogens (primary N) is 1. The average Bonchev–Trinajstić information content (AvgIpc) is 2.91. The number of carbonyl (C=O) groups is 1. The highest BCUT2D eigenvalue weighted by Crippen LogP contribution is 2.26. The molecule has 0 fully saturated rings. The van der Waals surface area contributed by atoms with Crippen molar-refractivity contribution < 1.29 is 9.21 Å². The average molecular weight is 380 g/mol. The fourth-order valence-electron chi connectivity index (χ4n) is 2.23. The minimum absolute atomic E-state index is 0.0167. The SMILES string of the molecule is Cc1nc(CCC(=O)NCCCCN)oc1-c1ccc(Br)cc1. The number of unbranched alkanes of at least 4 members (excludes halogenated alkanes) is 1. The topological polar surface area (TPSA) is 81.2 Å². The van der Waals surface area contributed by atoms with E-state index in [0.717, 1.165) is 34.3 Å². The first-order chi connectivity index (χ1) is 11.1. The highest BCUT2D eigenvalue weighted by molar-refractivity contribution is 9.10. The maximum atomic E-state index is 11.8. The van der Waals surface area contributed by atoms with Gasteiger partial charge in [0.05, 0.1) is 5.69 Å². The number of hydrogen-bond donors (Lipinski definition) is 2. The van der Waals surface area contributed by atoms with Gasteiger partial charge >= 0.3 is 0 Å². The highest BCUT2D eigenvalue weighted by atomic mass is 79.9. The van der Waals surface area contributed by atoms with Crippen molar-refractivity contribution in [3.05, 3.63) is 40.3 Å². The van der Waals surface area contributed by atoms with Crippen LogP contribution in [0.25, 0.3) is 11.3 Å². The van der Waals surface area contributed by atoms with Crippen LogP contribution in [0.5, 0.6) is 0 Å². The number of benzene rings is 1. The molecule has 6 heteroatoms. The second kappa shape index (κ2) is 8.84. The van der Waals surface area contributed by atoms with Crippen molar-refractivity contribution in [2.45, 2.75) is 32.6 Å². The number of rotatable bonds is 8. The van der Waals surface area contributed by atoms with E-state index in [1.54, 1.807) is 0 Å². The van der Waals surface area contributed by atoms with Crippen LogP contribution in [0.1, 0.15) is 30.8 Å². The van der Waals surface area contributed by atoms with Gasteiger partial charge in [-0.25, -0.2) is 4.98 Å². The number of nitrogens with zero attached hydrogens (tertiary/aromatic N) is 1. The Hall–Kier alpha value is -1.66. The van der Waals surface area contributed by atoms with Crippen LogP contribution < -0.4 is 11.1 Å². The fourth-order valence-corrected chi connectivity index (χ4v) is 2.50. The van der Waals surface area contributed by atoms with Gasteiger partial charge in [0.25, 0.3) is 0 Å². The smallest absolute Gasteiger partial charge is 0.220 e. The summed E-state index contributed by atoms with van der Waals surface area (Å²) in [7, 11) is 0. The van der Waals surface area contributed by atoms with Crippen molar-refractivity contribution in [2.24, 2.45) is 5.73 Å². The summed E-state index contributed by atoms with van der Waals surface area (Å²) in [6, 6.07) is 7.88. The molecule has 1 amide bonds. The van der Waals surface area contributed by atoms with Gasteiger partial charge in [-0.1, -0.05) is 28.1 Å². The lowest BCUT2D eigenvalue weighted by atomic mass is 10.1. The van der Waals surface area contributed by atoms with Crippen LogP contribution in [0.3, 0.4) is 0 Å². The maximum Gasteiger partial charge on any atom is 0.220 e. The van der Waals surface area contributed by atoms with Crippen LogP contribution >= 0.6 is 15.9 Å². The van der Waals surface area contributed by atoms with Gasteiger partial charge < -0.3 is 15.5 Å². The summed E-state index contributed by atoms with van der Waals surface area (Å²) in [5.74, 6) is 1.37. The normalized spacial score (nSPS) is 10.7. The molecular formula is C17H22BrN3O2. The van der Waals surface area contributed by atoms with E-state index in [4.69, 9.17) is 10.2 Å². The molecule has 2 aromatic rings. The maximum absolute atomic E-state index is 11.8. The zero-order valence-electron chi connectivity index (χ0n) is 13.3. The predicted octanol–water partition coefficient (Wildman–Crippen LogP) is 3.20. The van der Waals surface area contributed by atoms with Crippen molar-refractivity contribution in [3.63, 3.8) is 0 Å². The van der Waals surface area contributed by atoms with Gasteiger partial charge in [-0.2, -0.15) is 0 Å². The molecule has 2 rings (SSSR count). The van der Waals surface area contributed by atoms with E-state index in [1.807, 2.05) is 31.2 Å². The molecule has 1 aromatic heterocycles. The molecule has 0 spiro atoms. The zero-order valence-corrected chi connectivity index (χ0v) is 14.9. The third-order valence-corrected chi connectivity index (χ3v) is 3.99. The molecule has 0 saturated carbocycles. The lowest BCUT2D eigenvalue weighted by Crippen LogP contribution is -2.25. The summed E-state index contributed by atoms with van der Waals surface area (Å²) in [5.41, 5.74) is 7.24. The minimum Gasteiger partial charge on any atom is -0.440 e. The van der Waals surface area contributed by atoms with Crippen molar-refractivity contribution in [2.75, 3.05) is 13.1 Å². The Morgan fingerprint density at radius 2 is 2.04 bits per heavy atom. The lowest BCUT2D eigenvalue weighted by molar-refractivity contribution is -0.121. The fraction of sp³-hybridized carbons (Fsp3) is 0.412. The Balaban J connectivity index is 1.88. The van der Waals surface area contributed by atoms with Crippen molar-refractivity contribution in [3.8, 4) is 11.3 Å². The number of aromatic nitrogens is 1. The van der Waals surface area contributed by atoms with Gasteiger partial charge in [0, 0.05) is 29.4 Å². The van der Waals surface area contributed by atoms with E-state index in [2.05, 4.69) is 26.2 Å². The molecule has 0 aliphatic carbocycles. The van der Waals surface area contributed by atoms with Gasteiger partial charge in [0.2, 0.25) is 5.91 Å². The molecule has 0 aliphatic rings. The summed E-state index contributed by atoms with van der Waals surface area (Å²) in [6.07, 6.45) is 2.71. The van der Waals surface area contributed by atoms with E-state index < -0.39 is 0 Å². The molecule has 5 nitrogen and oxygen atoms in total. The van der Waals surface area contributed by atoms with Gasteiger partial charge in [-0.3, -0.25) is 4.79 Å². The summed E-state index contributed by atoms with van der Waals surface area (Å²) in [4.78, 5) is 16.2. The van der Waals surface area contributed by atoms with E-state index in [9.17, 15) is 4.79 Å². The standard InChI is InChI=1S/C17H22BrN3O2/c1-12-17(13-4-6-14(18)7-5-13)23-16(21-12)9-8-15(22)20-11-3-2-10-19/h4-7H,2-3,8-11,19H2,1H3,(H,20,22). The Morgan fingerprint density at radius 3 is 2.74 bits per heavy atom. The first-order valence-electron chi connectivity index (χ1n) is 7.79. The zero-order chi connectivity index (χ0) is 16.7. The number of hydrogen-bond acceptors (Lipinski definition) is 4. The Kier molecular flexibility index (Phi) is 6.80. The second-order valence-electron chi connectivity index (χ2n) is 5.37. The minimum atomic E-state index is 0.0167. The van der Waals surface area contributed by atoms with Crippen LogP contribution in [-0.4, -0.2) is 24.0 Å². The van der Waals surface area contributed by atoms with Crippen LogP contribution in [0.2, 0.25) is 0 Å².